The highest BCUT2D eigenvalue weighted by Gasteiger charge is 2.06. The van der Waals surface area contributed by atoms with Crippen molar-refractivity contribution in [2.45, 2.75) is 6.23 Å². The summed E-state index contributed by atoms with van der Waals surface area (Å²) in [5, 5.41) is 6.29. The number of nitrogens with one attached hydrogen (secondary N) is 2. The number of hydrogen-bond donors (Lipinski definition) is 2. The van der Waals surface area contributed by atoms with Crippen molar-refractivity contribution in [2.75, 3.05) is 52.1 Å². The summed E-state index contributed by atoms with van der Waals surface area (Å²) in [5.74, 6) is 0. The molecule has 0 fully saturated rings. The normalized spacial score (nSPS) is 16.5. The van der Waals surface area contributed by atoms with Gasteiger partial charge >= 0.3 is 0 Å². The molecule has 0 radical (unpaired) electrons. The summed E-state index contributed by atoms with van der Waals surface area (Å²) in [6.45, 7) is 1.46. The Morgan fingerprint density at radius 3 is 2.42 bits per heavy atom. The van der Waals surface area contributed by atoms with Crippen LogP contribution in [0.5, 0.6) is 0 Å². The van der Waals surface area contributed by atoms with Gasteiger partial charge in [-0.15, -0.1) is 0 Å². The van der Waals surface area contributed by atoms with Crippen LogP contribution in [0.2, 0.25) is 0 Å². The molecule has 2 N–H and O–H groups in total. The van der Waals surface area contributed by atoms with Crippen molar-refractivity contribution in [3.05, 3.63) is 59.8 Å². The Balaban J connectivity index is 1.60. The molecule has 1 aliphatic rings. The molecule has 142 valence electrons. The van der Waals surface area contributed by atoms with E-state index < -0.39 is 6.67 Å². The first-order valence-corrected chi connectivity index (χ1v) is 8.75. The summed E-state index contributed by atoms with van der Waals surface area (Å²) in [5.41, 5.74) is 3.31. The highest BCUT2D eigenvalue weighted by molar-refractivity contribution is 5.58. The SMILES string of the molecule is CNc1ccc(/C=C/C2=CNC(OCCOCCOCC[18F])C=C2)cc1. The van der Waals surface area contributed by atoms with Crippen molar-refractivity contribution in [1.82, 2.24) is 5.32 Å². The van der Waals surface area contributed by atoms with Gasteiger partial charge in [-0.25, -0.2) is 4.39 Å². The van der Waals surface area contributed by atoms with E-state index in [4.69, 9.17) is 14.2 Å². The van der Waals surface area contributed by atoms with Gasteiger partial charge in [0.15, 0.2) is 0 Å². The summed E-state index contributed by atoms with van der Waals surface area (Å²) in [7, 11) is 1.91. The number of alkyl halides is 1. The molecule has 26 heavy (non-hydrogen) atoms. The number of allylic oxidation sites excluding steroid dienone is 3. The molecule has 1 atom stereocenters. The first kappa shape index (κ1) is 20.2. The molecule has 0 saturated heterocycles. The van der Waals surface area contributed by atoms with Crippen molar-refractivity contribution in [1.29, 1.82) is 0 Å². The van der Waals surface area contributed by atoms with Gasteiger partial charge in [-0.1, -0.05) is 30.4 Å². The van der Waals surface area contributed by atoms with Crippen LogP contribution in [0, 0.1) is 0 Å². The molecule has 0 saturated carbocycles. The Morgan fingerprint density at radius 1 is 1.04 bits per heavy atom. The largest absolute Gasteiger partial charge is 0.388 e. The Hall–Kier alpha value is -2.15. The molecule has 1 aliphatic heterocycles. The summed E-state index contributed by atoms with van der Waals surface area (Å²) in [4.78, 5) is 0. The first-order valence-electron chi connectivity index (χ1n) is 8.75. The fourth-order valence-corrected chi connectivity index (χ4v) is 2.25. The number of hydrogen-bond acceptors (Lipinski definition) is 5. The predicted molar refractivity (Wildman–Crippen MR) is 103 cm³/mol. The van der Waals surface area contributed by atoms with Crippen LogP contribution in [-0.2, 0) is 14.2 Å². The summed E-state index contributed by atoms with van der Waals surface area (Å²) >= 11 is 0. The lowest BCUT2D eigenvalue weighted by Gasteiger charge is -2.18. The molecular weight excluding hydrogens is 334 g/mol. The molecule has 0 amide bonds. The third kappa shape index (κ3) is 7.82. The Labute approximate surface area is 154 Å². The minimum Gasteiger partial charge on any atom is -0.388 e. The van der Waals surface area contributed by atoms with Gasteiger partial charge < -0.3 is 24.8 Å². The molecule has 1 aromatic rings. The van der Waals surface area contributed by atoms with E-state index in [0.717, 1.165) is 16.8 Å². The molecule has 5 nitrogen and oxygen atoms in total. The third-order valence-electron chi connectivity index (χ3n) is 3.66. The van der Waals surface area contributed by atoms with Crippen molar-refractivity contribution in [2.24, 2.45) is 0 Å². The quantitative estimate of drug-likeness (QED) is 0.560. The zero-order valence-electron chi connectivity index (χ0n) is 15.1. The number of ether oxygens (including phenoxy) is 3. The van der Waals surface area contributed by atoms with Gasteiger partial charge in [0.25, 0.3) is 0 Å². The number of dihydropyridines is 1. The Morgan fingerprint density at radius 2 is 1.77 bits per heavy atom. The number of anilines is 1. The van der Waals surface area contributed by atoms with Crippen LogP contribution in [0.15, 0.2) is 54.3 Å². The van der Waals surface area contributed by atoms with Crippen molar-refractivity contribution in [3.63, 3.8) is 0 Å². The zero-order chi connectivity index (χ0) is 18.5. The fourth-order valence-electron chi connectivity index (χ4n) is 2.25. The van der Waals surface area contributed by atoms with Gasteiger partial charge in [0.1, 0.15) is 12.9 Å². The second kappa shape index (κ2) is 12.2. The first-order chi connectivity index (χ1) is 12.8. The van der Waals surface area contributed by atoms with Crippen LogP contribution >= 0.6 is 0 Å². The van der Waals surface area contributed by atoms with Crippen LogP contribution in [0.1, 0.15) is 5.56 Å². The Kier molecular flexibility index (Phi) is 9.50. The maximum absolute atomic E-state index is 11.8. The summed E-state index contributed by atoms with van der Waals surface area (Å²) < 4.78 is 27.8. The van der Waals surface area contributed by atoms with Crippen LogP contribution in [0.25, 0.3) is 6.08 Å². The number of halogens is 1. The fraction of sp³-hybridized carbons (Fsp3) is 0.400. The molecule has 2 rings (SSSR count). The maximum atomic E-state index is 11.8. The summed E-state index contributed by atoms with van der Waals surface area (Å²) in [6.07, 6.45) is 9.87. The lowest BCUT2D eigenvalue weighted by Crippen LogP contribution is -2.29. The van der Waals surface area contributed by atoms with E-state index in [0.29, 0.717) is 26.4 Å². The molecular formula is C20H27FN2O3. The van der Waals surface area contributed by atoms with E-state index in [1.54, 1.807) is 0 Å². The smallest absolute Gasteiger partial charge is 0.147 e. The van der Waals surface area contributed by atoms with Crippen LogP contribution in [-0.4, -0.2) is 53.0 Å². The van der Waals surface area contributed by atoms with E-state index >= 15 is 0 Å². The van der Waals surface area contributed by atoms with Crippen molar-refractivity contribution >= 4 is 11.8 Å². The van der Waals surface area contributed by atoms with Gasteiger partial charge in [-0.3, -0.25) is 0 Å². The highest BCUT2D eigenvalue weighted by Crippen LogP contribution is 2.13. The van der Waals surface area contributed by atoms with E-state index in [1.165, 1.54) is 0 Å². The van der Waals surface area contributed by atoms with Gasteiger partial charge in [0.05, 0.1) is 33.0 Å². The Bertz CT molecular complexity index is 600. The lowest BCUT2D eigenvalue weighted by molar-refractivity contribution is -0.00524. The molecule has 0 aliphatic carbocycles. The van der Waals surface area contributed by atoms with E-state index in [9.17, 15) is 4.39 Å². The lowest BCUT2D eigenvalue weighted by atomic mass is 10.1. The van der Waals surface area contributed by atoms with Crippen molar-refractivity contribution in [3.8, 4) is 0 Å². The maximum Gasteiger partial charge on any atom is 0.147 e. The molecule has 1 heterocycles. The average molecular weight is 361 g/mol. The second-order valence-corrected chi connectivity index (χ2v) is 5.58. The van der Waals surface area contributed by atoms with Gasteiger partial charge in [0.2, 0.25) is 0 Å². The zero-order valence-corrected chi connectivity index (χ0v) is 15.1. The molecule has 1 unspecified atom stereocenters. The molecule has 6 heteroatoms. The molecule has 0 aromatic heterocycles. The predicted octanol–water partition coefficient (Wildman–Crippen LogP) is 3.13. The molecule has 0 spiro atoms. The minimum atomic E-state index is -0.462. The highest BCUT2D eigenvalue weighted by atomic mass is 18.2. The monoisotopic (exact) mass is 361 g/mol. The van der Waals surface area contributed by atoms with Gasteiger partial charge in [0, 0.05) is 18.9 Å². The molecule has 1 aromatic carbocycles. The third-order valence-corrected chi connectivity index (χ3v) is 3.66. The van der Waals surface area contributed by atoms with Crippen LogP contribution in [0.3, 0.4) is 0 Å². The second-order valence-electron chi connectivity index (χ2n) is 5.58. The average Bonchev–Trinajstić information content (AvgIpc) is 2.69. The number of rotatable bonds is 12. The van der Waals surface area contributed by atoms with Crippen molar-refractivity contribution < 1.29 is 18.6 Å². The topological polar surface area (TPSA) is 51.8 Å². The van der Waals surface area contributed by atoms with Crippen LogP contribution < -0.4 is 10.6 Å². The van der Waals surface area contributed by atoms with Gasteiger partial charge in [-0.05, 0) is 29.3 Å². The van der Waals surface area contributed by atoms with Gasteiger partial charge in [-0.2, -0.15) is 0 Å². The minimum absolute atomic E-state index is 0.126. The van der Waals surface area contributed by atoms with E-state index in [-0.39, 0.29) is 12.8 Å². The number of benzene rings is 1. The van der Waals surface area contributed by atoms with E-state index in [2.05, 4.69) is 34.9 Å². The standard InChI is InChI=1S/C20H27FN2O3/c1-22-19-7-4-17(5-8-19)2-3-18-6-9-20(23-16-18)26-15-14-25-13-12-24-11-10-21/h2-9,16,20,22-23H,10-15H2,1H3/b3-2+/i21-1. The summed E-state index contributed by atoms with van der Waals surface area (Å²) in [6, 6.07) is 8.22. The molecule has 0 bridgehead atoms. The van der Waals surface area contributed by atoms with Crippen LogP contribution in [0.4, 0.5) is 10.1 Å². The van der Waals surface area contributed by atoms with E-state index in [1.807, 2.05) is 37.5 Å².